The molecule has 0 spiro atoms. The van der Waals surface area contributed by atoms with Crippen molar-refractivity contribution in [2.75, 3.05) is 0 Å². The first-order valence-corrected chi connectivity index (χ1v) is 5.67. The van der Waals surface area contributed by atoms with Crippen LogP contribution in [0.1, 0.15) is 11.1 Å². The summed E-state index contributed by atoms with van der Waals surface area (Å²) in [6.07, 6.45) is 2.93. The third-order valence-electron chi connectivity index (χ3n) is 2.46. The van der Waals surface area contributed by atoms with E-state index in [4.69, 9.17) is 16.9 Å². The Bertz CT molecular complexity index is 655. The van der Waals surface area contributed by atoms with Crippen molar-refractivity contribution in [3.05, 3.63) is 65.5 Å². The normalized spacial score (nSPS) is 11.7. The summed E-state index contributed by atoms with van der Waals surface area (Å²) in [6.45, 7) is 0. The Morgan fingerprint density at radius 3 is 2.37 bits per heavy atom. The average molecular weight is 277 g/mol. The lowest BCUT2D eigenvalue weighted by Gasteiger charge is -2.06. The average Bonchev–Trinajstić information content (AvgIpc) is 2.40. The van der Waals surface area contributed by atoms with Gasteiger partial charge in [0, 0.05) is 18.0 Å². The number of hydrogen-bond donors (Lipinski definition) is 0. The van der Waals surface area contributed by atoms with Crippen LogP contribution in [0.4, 0.5) is 8.78 Å². The number of aromatic nitrogens is 1. The summed E-state index contributed by atoms with van der Waals surface area (Å²) in [5, 5.41) is 8.86. The SMILES string of the molecule is N#C/C(=C(\Cl)c1c(F)cccc1F)c1cccnc1. The van der Waals surface area contributed by atoms with Crippen LogP contribution >= 0.6 is 11.6 Å². The number of hydrogen-bond acceptors (Lipinski definition) is 2. The van der Waals surface area contributed by atoms with Crippen molar-refractivity contribution in [3.63, 3.8) is 0 Å². The number of halogens is 3. The van der Waals surface area contributed by atoms with Crippen LogP contribution in [-0.4, -0.2) is 4.98 Å². The molecule has 0 radical (unpaired) electrons. The van der Waals surface area contributed by atoms with Gasteiger partial charge in [0.15, 0.2) is 0 Å². The fraction of sp³-hybridized carbons (Fsp3) is 0. The van der Waals surface area contributed by atoms with Crippen molar-refractivity contribution in [2.45, 2.75) is 0 Å². The summed E-state index contributed by atoms with van der Waals surface area (Å²) in [5.74, 6) is -1.64. The molecule has 94 valence electrons. The molecule has 2 nitrogen and oxygen atoms in total. The highest BCUT2D eigenvalue weighted by Crippen LogP contribution is 2.32. The maximum Gasteiger partial charge on any atom is 0.134 e. The quantitative estimate of drug-likeness (QED) is 0.778. The van der Waals surface area contributed by atoms with Gasteiger partial charge in [-0.2, -0.15) is 5.26 Å². The van der Waals surface area contributed by atoms with Crippen LogP contribution in [0, 0.1) is 23.0 Å². The highest BCUT2D eigenvalue weighted by molar-refractivity contribution is 6.53. The van der Waals surface area contributed by atoms with Gasteiger partial charge in [-0.25, -0.2) is 8.78 Å². The van der Waals surface area contributed by atoms with Crippen LogP contribution in [-0.2, 0) is 0 Å². The van der Waals surface area contributed by atoms with E-state index in [1.165, 1.54) is 18.5 Å². The van der Waals surface area contributed by atoms with Gasteiger partial charge in [0.25, 0.3) is 0 Å². The van der Waals surface area contributed by atoms with E-state index in [0.717, 1.165) is 12.1 Å². The molecule has 0 aliphatic heterocycles. The van der Waals surface area contributed by atoms with Crippen LogP contribution < -0.4 is 0 Å². The van der Waals surface area contributed by atoms with Crippen LogP contribution in [0.25, 0.3) is 10.6 Å². The second kappa shape index (κ2) is 5.59. The van der Waals surface area contributed by atoms with Gasteiger partial charge in [0.05, 0.1) is 16.2 Å². The molecule has 0 aliphatic rings. The maximum atomic E-state index is 13.6. The van der Waals surface area contributed by atoms with E-state index in [0.29, 0.717) is 5.56 Å². The zero-order valence-corrected chi connectivity index (χ0v) is 10.3. The van der Waals surface area contributed by atoms with Gasteiger partial charge in [-0.15, -0.1) is 0 Å². The van der Waals surface area contributed by atoms with Gasteiger partial charge in [0.1, 0.15) is 17.7 Å². The fourth-order valence-electron chi connectivity index (χ4n) is 1.58. The van der Waals surface area contributed by atoms with Crippen LogP contribution in [0.5, 0.6) is 0 Å². The number of benzene rings is 1. The molecule has 0 unspecified atom stereocenters. The van der Waals surface area contributed by atoms with Crippen LogP contribution in [0.2, 0.25) is 0 Å². The molecule has 5 heteroatoms. The van der Waals surface area contributed by atoms with E-state index in [9.17, 15) is 8.78 Å². The zero-order chi connectivity index (χ0) is 13.8. The highest BCUT2D eigenvalue weighted by Gasteiger charge is 2.17. The Morgan fingerprint density at radius 2 is 1.84 bits per heavy atom. The smallest absolute Gasteiger partial charge is 0.134 e. The standard InChI is InChI=1S/C14H7ClF2N2/c15-14(13-11(16)4-1-5-12(13)17)10(7-18)9-3-2-6-19-8-9/h1-6,8H/b14-10+. The highest BCUT2D eigenvalue weighted by atomic mass is 35.5. The number of rotatable bonds is 2. The topological polar surface area (TPSA) is 36.7 Å². The molecule has 0 bridgehead atoms. The minimum atomic E-state index is -0.818. The lowest BCUT2D eigenvalue weighted by Crippen LogP contribution is -1.94. The van der Waals surface area contributed by atoms with Crippen molar-refractivity contribution in [1.29, 1.82) is 5.26 Å². The number of pyridine rings is 1. The van der Waals surface area contributed by atoms with E-state index < -0.39 is 17.2 Å². The number of allylic oxidation sites excluding steroid dienone is 1. The van der Waals surface area contributed by atoms with Crippen molar-refractivity contribution in [1.82, 2.24) is 4.98 Å². The Morgan fingerprint density at radius 1 is 1.16 bits per heavy atom. The first-order chi connectivity index (χ1) is 9.15. The van der Waals surface area contributed by atoms with Crippen molar-refractivity contribution < 1.29 is 8.78 Å². The Labute approximate surface area is 113 Å². The summed E-state index contributed by atoms with van der Waals surface area (Å²) in [5.41, 5.74) is -0.0408. The second-order valence-electron chi connectivity index (χ2n) is 3.64. The molecule has 0 fully saturated rings. The predicted octanol–water partition coefficient (Wildman–Crippen LogP) is 3.99. The Balaban J connectivity index is 2.67. The van der Waals surface area contributed by atoms with E-state index in [1.807, 2.05) is 6.07 Å². The summed E-state index contributed by atoms with van der Waals surface area (Å²) >= 11 is 5.97. The molecule has 2 rings (SSSR count). The third kappa shape index (κ3) is 2.61. The minimum absolute atomic E-state index is 0.0289. The monoisotopic (exact) mass is 276 g/mol. The molecule has 0 N–H and O–H groups in total. The van der Waals surface area contributed by atoms with E-state index in [2.05, 4.69) is 4.98 Å². The molecule has 1 aromatic heterocycles. The molecule has 1 heterocycles. The fourth-order valence-corrected chi connectivity index (χ4v) is 1.92. The molecule has 0 saturated heterocycles. The molecule has 0 atom stereocenters. The Kier molecular flexibility index (Phi) is 3.88. The minimum Gasteiger partial charge on any atom is -0.264 e. The summed E-state index contributed by atoms with van der Waals surface area (Å²) in [6, 6.07) is 8.44. The molecule has 2 aromatic rings. The van der Waals surface area contributed by atoms with E-state index in [1.54, 1.807) is 12.1 Å². The maximum absolute atomic E-state index is 13.6. The first kappa shape index (κ1) is 13.2. The van der Waals surface area contributed by atoms with Crippen molar-refractivity contribution in [3.8, 4) is 6.07 Å². The zero-order valence-electron chi connectivity index (χ0n) is 9.57. The van der Waals surface area contributed by atoms with Gasteiger partial charge in [0.2, 0.25) is 0 Å². The Hall–Kier alpha value is -2.25. The molecule has 0 aliphatic carbocycles. The van der Waals surface area contributed by atoms with Crippen molar-refractivity contribution in [2.24, 2.45) is 0 Å². The number of nitriles is 1. The van der Waals surface area contributed by atoms with Gasteiger partial charge in [-0.3, -0.25) is 4.98 Å². The summed E-state index contributed by atoms with van der Waals surface area (Å²) < 4.78 is 27.3. The van der Waals surface area contributed by atoms with Gasteiger partial charge in [-0.05, 0) is 18.2 Å². The lowest BCUT2D eigenvalue weighted by molar-refractivity contribution is 0.578. The predicted molar refractivity (Wildman–Crippen MR) is 68.9 cm³/mol. The van der Waals surface area contributed by atoms with E-state index >= 15 is 0 Å². The molecular weight excluding hydrogens is 270 g/mol. The summed E-state index contributed by atoms with van der Waals surface area (Å²) in [7, 11) is 0. The first-order valence-electron chi connectivity index (χ1n) is 5.29. The third-order valence-corrected chi connectivity index (χ3v) is 2.84. The molecule has 0 saturated carbocycles. The molecule has 0 amide bonds. The van der Waals surface area contributed by atoms with Gasteiger partial charge >= 0.3 is 0 Å². The van der Waals surface area contributed by atoms with Crippen LogP contribution in [0.15, 0.2) is 42.7 Å². The molecule has 19 heavy (non-hydrogen) atoms. The molecular formula is C14H7ClF2N2. The van der Waals surface area contributed by atoms with Gasteiger partial charge in [-0.1, -0.05) is 23.7 Å². The van der Waals surface area contributed by atoms with Crippen LogP contribution in [0.3, 0.4) is 0 Å². The summed E-state index contributed by atoms with van der Waals surface area (Å²) in [4.78, 5) is 3.84. The van der Waals surface area contributed by atoms with Crippen molar-refractivity contribution >= 4 is 22.2 Å². The number of nitrogens with zero attached hydrogens (tertiary/aromatic N) is 2. The largest absolute Gasteiger partial charge is 0.264 e. The van der Waals surface area contributed by atoms with Gasteiger partial charge < -0.3 is 0 Å². The van der Waals surface area contributed by atoms with E-state index in [-0.39, 0.29) is 10.6 Å². The molecule has 1 aromatic carbocycles. The lowest BCUT2D eigenvalue weighted by atomic mass is 10.0. The second-order valence-corrected chi connectivity index (χ2v) is 4.02.